The number of aryl methyl sites for hydroxylation is 1. The minimum absolute atomic E-state index is 0.0319. The molecule has 0 saturated carbocycles. The quantitative estimate of drug-likeness (QED) is 0.769. The topological polar surface area (TPSA) is 47.0 Å². The van der Waals surface area contributed by atoms with Gasteiger partial charge >= 0.3 is 6.18 Å². The van der Waals surface area contributed by atoms with Gasteiger partial charge in [0, 0.05) is 25.8 Å². The molecule has 1 aromatic carbocycles. The maximum absolute atomic E-state index is 13.1. The molecule has 0 spiro atoms. The van der Waals surface area contributed by atoms with Gasteiger partial charge < -0.3 is 10.1 Å². The fraction of sp³-hybridized carbons (Fsp3) is 0.412. The molecule has 0 aliphatic carbocycles. The van der Waals surface area contributed by atoms with Crippen molar-refractivity contribution >= 4 is 5.95 Å². The summed E-state index contributed by atoms with van der Waals surface area (Å²) in [6.07, 6.45) is -3.01. The summed E-state index contributed by atoms with van der Waals surface area (Å²) in [5.74, 6) is -0.0319. The molecular weight excluding hydrogens is 319 g/mol. The molecule has 4 nitrogen and oxygen atoms in total. The van der Waals surface area contributed by atoms with Gasteiger partial charge in [0.1, 0.15) is 0 Å². The zero-order valence-corrected chi connectivity index (χ0v) is 13.7. The van der Waals surface area contributed by atoms with Gasteiger partial charge in [0.05, 0.1) is 5.69 Å². The lowest BCUT2D eigenvalue weighted by Gasteiger charge is -2.12. The van der Waals surface area contributed by atoms with E-state index in [-0.39, 0.29) is 11.6 Å². The number of anilines is 1. The summed E-state index contributed by atoms with van der Waals surface area (Å²) >= 11 is 0. The zero-order chi connectivity index (χ0) is 17.6. The van der Waals surface area contributed by atoms with Crippen molar-refractivity contribution in [1.29, 1.82) is 0 Å². The Bertz CT molecular complexity index is 657. The second-order valence-electron chi connectivity index (χ2n) is 5.28. The molecule has 2 aromatic rings. The lowest BCUT2D eigenvalue weighted by molar-refractivity contribution is -0.141. The lowest BCUT2D eigenvalue weighted by atomic mass is 10.1. The smallest absolute Gasteiger partial charge is 0.385 e. The van der Waals surface area contributed by atoms with Crippen molar-refractivity contribution in [2.75, 3.05) is 25.6 Å². The highest BCUT2D eigenvalue weighted by Gasteiger charge is 2.33. The van der Waals surface area contributed by atoms with Crippen molar-refractivity contribution in [2.45, 2.75) is 25.9 Å². The Morgan fingerprint density at radius 3 is 2.42 bits per heavy atom. The Labute approximate surface area is 139 Å². The first-order valence-electron chi connectivity index (χ1n) is 7.72. The molecule has 7 heteroatoms. The largest absolute Gasteiger partial charge is 0.433 e. The minimum atomic E-state index is -4.52. The van der Waals surface area contributed by atoms with E-state index in [0.29, 0.717) is 25.1 Å². The van der Waals surface area contributed by atoms with Crippen LogP contribution in [0.1, 0.15) is 24.6 Å². The van der Waals surface area contributed by atoms with Gasteiger partial charge in [-0.2, -0.15) is 13.2 Å². The number of benzene rings is 1. The van der Waals surface area contributed by atoms with Crippen LogP contribution < -0.4 is 5.32 Å². The van der Waals surface area contributed by atoms with Gasteiger partial charge in [-0.05, 0) is 24.5 Å². The molecule has 0 radical (unpaired) electrons. The van der Waals surface area contributed by atoms with Gasteiger partial charge in [-0.25, -0.2) is 9.97 Å². The summed E-state index contributed by atoms with van der Waals surface area (Å²) in [5, 5.41) is 2.82. The number of nitrogens with zero attached hydrogens (tertiary/aromatic N) is 2. The molecule has 1 N–H and O–H groups in total. The molecule has 1 aromatic heterocycles. The number of methoxy groups -OCH3 is 1. The van der Waals surface area contributed by atoms with Crippen molar-refractivity contribution in [3.63, 3.8) is 0 Å². The number of halogens is 3. The maximum Gasteiger partial charge on any atom is 0.433 e. The molecular formula is C17H20F3N3O. The number of ether oxygens (including phenoxy) is 1. The van der Waals surface area contributed by atoms with Crippen LogP contribution in [0, 0.1) is 0 Å². The SMILES string of the molecule is CCc1ccc(-c2cc(C(F)(F)F)nc(NCCCOC)n2)cc1. The highest BCUT2D eigenvalue weighted by Crippen LogP contribution is 2.31. The van der Waals surface area contributed by atoms with Crippen LogP contribution in [0.5, 0.6) is 0 Å². The number of aromatic nitrogens is 2. The molecule has 2 rings (SSSR count). The average Bonchev–Trinajstić information content (AvgIpc) is 2.58. The molecule has 130 valence electrons. The van der Waals surface area contributed by atoms with Gasteiger partial charge in [0.2, 0.25) is 5.95 Å². The van der Waals surface area contributed by atoms with Crippen LogP contribution in [0.4, 0.5) is 19.1 Å². The molecule has 0 fully saturated rings. The van der Waals surface area contributed by atoms with Crippen molar-refractivity contribution < 1.29 is 17.9 Å². The maximum atomic E-state index is 13.1. The summed E-state index contributed by atoms with van der Waals surface area (Å²) in [5.41, 5.74) is 1.03. The van der Waals surface area contributed by atoms with Gasteiger partial charge in [0.25, 0.3) is 0 Å². The zero-order valence-electron chi connectivity index (χ0n) is 13.7. The Morgan fingerprint density at radius 1 is 1.12 bits per heavy atom. The van der Waals surface area contributed by atoms with Crippen LogP contribution in [0.2, 0.25) is 0 Å². The summed E-state index contributed by atoms with van der Waals surface area (Å²) < 4.78 is 44.2. The van der Waals surface area contributed by atoms with E-state index in [1.54, 1.807) is 19.2 Å². The standard InChI is InChI=1S/C17H20F3N3O/c1-3-12-5-7-13(8-6-12)14-11-15(17(18,19)20)23-16(22-14)21-9-4-10-24-2/h5-8,11H,3-4,9-10H2,1-2H3,(H,21,22,23). The molecule has 0 bridgehead atoms. The van der Waals surface area contributed by atoms with Crippen LogP contribution in [0.15, 0.2) is 30.3 Å². The highest BCUT2D eigenvalue weighted by atomic mass is 19.4. The molecule has 0 atom stereocenters. The first-order chi connectivity index (χ1) is 11.4. The van der Waals surface area contributed by atoms with Crippen LogP contribution in [-0.4, -0.2) is 30.2 Å². The fourth-order valence-corrected chi connectivity index (χ4v) is 2.15. The Hall–Kier alpha value is -2.15. The molecule has 0 aliphatic heterocycles. The summed E-state index contributed by atoms with van der Waals surface area (Å²) in [6.45, 7) is 2.96. The van der Waals surface area contributed by atoms with Crippen LogP contribution >= 0.6 is 0 Å². The van der Waals surface area contributed by atoms with Crippen molar-refractivity contribution in [2.24, 2.45) is 0 Å². The van der Waals surface area contributed by atoms with Crippen molar-refractivity contribution in [1.82, 2.24) is 9.97 Å². The van der Waals surface area contributed by atoms with E-state index in [0.717, 1.165) is 18.1 Å². The number of hydrogen-bond donors (Lipinski definition) is 1. The lowest BCUT2D eigenvalue weighted by Crippen LogP contribution is -2.14. The molecule has 0 aliphatic rings. The predicted octanol–water partition coefficient (Wildman–Crippen LogP) is 4.17. The Balaban J connectivity index is 2.31. The monoisotopic (exact) mass is 339 g/mol. The molecule has 0 saturated heterocycles. The second kappa shape index (κ2) is 8.10. The predicted molar refractivity (Wildman–Crippen MR) is 86.8 cm³/mol. The molecule has 0 unspecified atom stereocenters. The first-order valence-corrected chi connectivity index (χ1v) is 7.72. The first kappa shape index (κ1) is 18.2. The van der Waals surface area contributed by atoms with Gasteiger partial charge in [-0.1, -0.05) is 31.2 Å². The normalized spacial score (nSPS) is 11.5. The summed E-state index contributed by atoms with van der Waals surface area (Å²) in [6, 6.07) is 8.29. The molecule has 0 amide bonds. The Kier molecular flexibility index (Phi) is 6.14. The van der Waals surface area contributed by atoms with Crippen molar-refractivity contribution in [3.8, 4) is 11.3 Å². The molecule has 24 heavy (non-hydrogen) atoms. The third-order valence-electron chi connectivity index (χ3n) is 3.48. The molecule has 1 heterocycles. The minimum Gasteiger partial charge on any atom is -0.385 e. The van der Waals surface area contributed by atoms with Gasteiger partial charge in [-0.3, -0.25) is 0 Å². The second-order valence-corrected chi connectivity index (χ2v) is 5.28. The fourth-order valence-electron chi connectivity index (χ4n) is 2.15. The number of nitrogens with one attached hydrogen (secondary N) is 1. The van der Waals surface area contributed by atoms with E-state index in [2.05, 4.69) is 15.3 Å². The summed E-state index contributed by atoms with van der Waals surface area (Å²) in [4.78, 5) is 7.78. The van der Waals surface area contributed by atoms with E-state index in [9.17, 15) is 13.2 Å². The number of rotatable bonds is 7. The third-order valence-corrected chi connectivity index (χ3v) is 3.48. The van der Waals surface area contributed by atoms with E-state index in [1.807, 2.05) is 19.1 Å². The Morgan fingerprint density at radius 2 is 1.83 bits per heavy atom. The number of alkyl halides is 3. The van der Waals surface area contributed by atoms with Gasteiger partial charge in [-0.15, -0.1) is 0 Å². The van der Waals surface area contributed by atoms with Gasteiger partial charge in [0.15, 0.2) is 5.69 Å². The number of hydrogen-bond acceptors (Lipinski definition) is 4. The van der Waals surface area contributed by atoms with E-state index >= 15 is 0 Å². The summed E-state index contributed by atoms with van der Waals surface area (Å²) in [7, 11) is 1.57. The average molecular weight is 339 g/mol. The van der Waals surface area contributed by atoms with E-state index < -0.39 is 11.9 Å². The van der Waals surface area contributed by atoms with E-state index in [4.69, 9.17) is 4.74 Å². The highest BCUT2D eigenvalue weighted by molar-refractivity contribution is 5.61. The van der Waals surface area contributed by atoms with Crippen LogP contribution in [-0.2, 0) is 17.3 Å². The van der Waals surface area contributed by atoms with Crippen molar-refractivity contribution in [3.05, 3.63) is 41.6 Å². The van der Waals surface area contributed by atoms with E-state index in [1.165, 1.54) is 0 Å². The van der Waals surface area contributed by atoms with Crippen LogP contribution in [0.3, 0.4) is 0 Å². The third kappa shape index (κ3) is 4.92. The van der Waals surface area contributed by atoms with Crippen LogP contribution in [0.25, 0.3) is 11.3 Å².